The first-order chi connectivity index (χ1) is 15.5. The van der Waals surface area contributed by atoms with E-state index >= 15 is 0 Å². The molecular formula is C24H31N5O2S. The molecule has 4 rings (SSSR count). The van der Waals surface area contributed by atoms with Crippen molar-refractivity contribution >= 4 is 29.0 Å². The molecule has 1 aromatic carbocycles. The van der Waals surface area contributed by atoms with E-state index in [4.69, 9.17) is 9.73 Å². The topological polar surface area (TPSA) is 93.4 Å². The SMILES string of the molecule is CNCC1=CC(C2NN=C(C3N=C(c4ccc([S+]([O-])C(C)C)cc4)C=NC3C)O2)CC=C1. The molecular weight excluding hydrogens is 422 g/mol. The number of rotatable bonds is 7. The van der Waals surface area contributed by atoms with Gasteiger partial charge in [-0.2, -0.15) is 0 Å². The highest BCUT2D eigenvalue weighted by Gasteiger charge is 2.35. The van der Waals surface area contributed by atoms with Crippen molar-refractivity contribution in [1.82, 2.24) is 10.7 Å². The maximum absolute atomic E-state index is 12.3. The Balaban J connectivity index is 1.46. The van der Waals surface area contributed by atoms with Gasteiger partial charge in [-0.3, -0.25) is 15.4 Å². The number of ether oxygens (including phenoxy) is 1. The van der Waals surface area contributed by atoms with Crippen molar-refractivity contribution in [3.8, 4) is 0 Å². The van der Waals surface area contributed by atoms with Crippen molar-refractivity contribution < 1.29 is 9.29 Å². The predicted octanol–water partition coefficient (Wildman–Crippen LogP) is 2.81. The van der Waals surface area contributed by atoms with Gasteiger partial charge in [0, 0.05) is 24.2 Å². The van der Waals surface area contributed by atoms with Crippen LogP contribution in [-0.4, -0.2) is 59.5 Å². The quantitative estimate of drug-likeness (QED) is 0.621. The summed E-state index contributed by atoms with van der Waals surface area (Å²) in [6.45, 7) is 6.76. The third-order valence-corrected chi connectivity index (χ3v) is 7.31. The summed E-state index contributed by atoms with van der Waals surface area (Å²) in [6, 6.07) is 7.37. The molecule has 2 N–H and O–H groups in total. The standard InChI is InChI=1S/C24H31N5O2S/c1-15(2)32(30)20-10-8-18(9-11-20)21-14-26-16(3)22(27-21)24-29-28-23(31-24)19-7-5-6-17(12-19)13-25-4/h5-6,8-12,14-16,19,22-23,25,28H,7,13H2,1-4H3. The van der Waals surface area contributed by atoms with Gasteiger partial charge < -0.3 is 14.6 Å². The van der Waals surface area contributed by atoms with Crippen LogP contribution in [0.25, 0.3) is 0 Å². The fraction of sp³-hybridized carbons (Fsp3) is 0.458. The largest absolute Gasteiger partial charge is 0.611 e. The molecule has 0 bridgehead atoms. The lowest BCUT2D eigenvalue weighted by Crippen LogP contribution is -2.37. The Labute approximate surface area is 193 Å². The minimum absolute atomic E-state index is 0.0626. The van der Waals surface area contributed by atoms with E-state index in [2.05, 4.69) is 39.1 Å². The van der Waals surface area contributed by atoms with Crippen LogP contribution >= 0.6 is 0 Å². The van der Waals surface area contributed by atoms with Gasteiger partial charge >= 0.3 is 0 Å². The van der Waals surface area contributed by atoms with Gasteiger partial charge in [0.25, 0.3) is 0 Å². The zero-order valence-electron chi connectivity index (χ0n) is 19.0. The molecule has 0 radical (unpaired) electrons. The van der Waals surface area contributed by atoms with Gasteiger partial charge in [-0.25, -0.2) is 0 Å². The van der Waals surface area contributed by atoms with Gasteiger partial charge in [-0.1, -0.05) is 18.2 Å². The molecule has 2 aliphatic heterocycles. The van der Waals surface area contributed by atoms with Gasteiger partial charge in [0.1, 0.15) is 11.3 Å². The highest BCUT2D eigenvalue weighted by atomic mass is 32.2. The number of nitrogens with zero attached hydrogens (tertiary/aromatic N) is 3. The van der Waals surface area contributed by atoms with Gasteiger partial charge in [0.2, 0.25) is 5.90 Å². The molecule has 0 aromatic heterocycles. The second-order valence-corrected chi connectivity index (χ2v) is 10.5. The number of hydrogen-bond donors (Lipinski definition) is 2. The van der Waals surface area contributed by atoms with Crippen LogP contribution in [0.4, 0.5) is 0 Å². The van der Waals surface area contributed by atoms with Crippen LogP contribution in [-0.2, 0) is 15.9 Å². The van der Waals surface area contributed by atoms with E-state index in [0.717, 1.165) is 29.1 Å². The molecule has 8 heteroatoms. The first kappa shape index (κ1) is 22.8. The number of benzene rings is 1. The van der Waals surface area contributed by atoms with Crippen molar-refractivity contribution in [2.24, 2.45) is 21.0 Å². The van der Waals surface area contributed by atoms with Crippen LogP contribution in [0.2, 0.25) is 0 Å². The fourth-order valence-corrected chi connectivity index (χ4v) is 4.89. The summed E-state index contributed by atoms with van der Waals surface area (Å²) in [5, 5.41) is 7.75. The van der Waals surface area contributed by atoms with Gasteiger partial charge in [0.15, 0.2) is 11.1 Å². The van der Waals surface area contributed by atoms with Crippen LogP contribution in [0, 0.1) is 5.92 Å². The lowest BCUT2D eigenvalue weighted by atomic mass is 9.94. The Bertz CT molecular complexity index is 967. The predicted molar refractivity (Wildman–Crippen MR) is 131 cm³/mol. The third-order valence-electron chi connectivity index (χ3n) is 5.72. The molecule has 0 fully saturated rings. The van der Waals surface area contributed by atoms with E-state index in [0.29, 0.717) is 5.90 Å². The lowest BCUT2D eigenvalue weighted by Gasteiger charge is -2.25. The lowest BCUT2D eigenvalue weighted by molar-refractivity contribution is 0.134. The van der Waals surface area contributed by atoms with Gasteiger partial charge in [-0.05, 0) is 75.3 Å². The van der Waals surface area contributed by atoms with E-state index in [-0.39, 0.29) is 29.5 Å². The Morgan fingerprint density at radius 2 is 2.06 bits per heavy atom. The number of likely N-dealkylation sites (N-methyl/N-ethyl adjacent to an activating group) is 1. The van der Waals surface area contributed by atoms with Crippen LogP contribution in [0.5, 0.6) is 0 Å². The minimum atomic E-state index is -1.01. The summed E-state index contributed by atoms with van der Waals surface area (Å²) in [5.41, 5.74) is 6.12. The summed E-state index contributed by atoms with van der Waals surface area (Å²) < 4.78 is 18.5. The summed E-state index contributed by atoms with van der Waals surface area (Å²) in [6.07, 6.45) is 9.08. The molecule has 7 nitrogen and oxygen atoms in total. The van der Waals surface area contributed by atoms with Crippen molar-refractivity contribution in [3.63, 3.8) is 0 Å². The molecule has 2 heterocycles. The molecule has 5 atom stereocenters. The van der Waals surface area contributed by atoms with E-state index in [9.17, 15) is 4.55 Å². The number of hydrogen-bond acceptors (Lipinski definition) is 7. The smallest absolute Gasteiger partial charge is 0.235 e. The van der Waals surface area contributed by atoms with Crippen molar-refractivity contribution in [2.45, 2.75) is 55.6 Å². The van der Waals surface area contributed by atoms with Crippen molar-refractivity contribution in [2.75, 3.05) is 13.6 Å². The fourth-order valence-electron chi connectivity index (χ4n) is 3.94. The second kappa shape index (κ2) is 10.0. The Morgan fingerprint density at radius 1 is 1.28 bits per heavy atom. The van der Waals surface area contributed by atoms with Crippen LogP contribution < -0.4 is 10.7 Å². The van der Waals surface area contributed by atoms with Crippen LogP contribution in [0.3, 0.4) is 0 Å². The van der Waals surface area contributed by atoms with Crippen molar-refractivity contribution in [1.29, 1.82) is 0 Å². The number of hydrazone groups is 1. The average molecular weight is 454 g/mol. The van der Waals surface area contributed by atoms with Crippen molar-refractivity contribution in [3.05, 3.63) is 53.6 Å². The second-order valence-electron chi connectivity index (χ2n) is 8.54. The Hall–Kier alpha value is -2.42. The molecule has 0 saturated carbocycles. The minimum Gasteiger partial charge on any atom is -0.611 e. The van der Waals surface area contributed by atoms with Crippen LogP contribution in [0.1, 0.15) is 32.8 Å². The highest BCUT2D eigenvalue weighted by molar-refractivity contribution is 7.92. The van der Waals surface area contributed by atoms with E-state index in [1.54, 1.807) is 6.21 Å². The number of nitrogens with one attached hydrogen (secondary N) is 2. The average Bonchev–Trinajstić information content (AvgIpc) is 3.29. The first-order valence-electron chi connectivity index (χ1n) is 11.1. The van der Waals surface area contributed by atoms with Gasteiger partial charge in [-0.15, -0.1) is 5.10 Å². The molecule has 32 heavy (non-hydrogen) atoms. The Morgan fingerprint density at radius 3 is 2.78 bits per heavy atom. The third kappa shape index (κ3) is 4.98. The van der Waals surface area contributed by atoms with Crippen LogP contribution in [0.15, 0.2) is 68.0 Å². The monoisotopic (exact) mass is 453 g/mol. The summed E-state index contributed by atoms with van der Waals surface area (Å²) in [4.78, 5) is 10.4. The zero-order valence-corrected chi connectivity index (χ0v) is 19.8. The summed E-state index contributed by atoms with van der Waals surface area (Å²) in [5.74, 6) is 0.789. The molecule has 0 spiro atoms. The molecule has 0 saturated heterocycles. The molecule has 0 amide bonds. The molecule has 1 aromatic rings. The number of allylic oxidation sites excluding steroid dienone is 1. The first-order valence-corrected chi connectivity index (χ1v) is 12.3. The summed E-state index contributed by atoms with van der Waals surface area (Å²) in [7, 11) is 1.95. The molecule has 1 aliphatic carbocycles. The molecule has 3 aliphatic rings. The van der Waals surface area contributed by atoms with E-state index in [1.807, 2.05) is 52.1 Å². The zero-order chi connectivity index (χ0) is 22.7. The summed E-state index contributed by atoms with van der Waals surface area (Å²) >= 11 is -1.01. The molecule has 170 valence electrons. The van der Waals surface area contributed by atoms with E-state index in [1.165, 1.54) is 5.57 Å². The van der Waals surface area contributed by atoms with E-state index < -0.39 is 11.2 Å². The number of aliphatic imine (C=N–C) groups is 2. The van der Waals surface area contributed by atoms with Gasteiger partial charge in [0.05, 0.1) is 11.8 Å². The highest BCUT2D eigenvalue weighted by Crippen LogP contribution is 2.25. The Kier molecular flexibility index (Phi) is 7.13. The maximum atomic E-state index is 12.3. The maximum Gasteiger partial charge on any atom is 0.235 e. The normalized spacial score (nSPS) is 28.0. The molecule has 5 unspecified atom stereocenters.